The van der Waals surface area contributed by atoms with Gasteiger partial charge in [-0.15, -0.1) is 0 Å². The number of carbonyl (C=O) groups is 1. The Hall–Kier alpha value is -1.60. The van der Waals surface area contributed by atoms with Crippen LogP contribution >= 0.6 is 15.9 Å². The van der Waals surface area contributed by atoms with Crippen molar-refractivity contribution in [3.8, 4) is 0 Å². The topological polar surface area (TPSA) is 32.3 Å². The number of fused-ring (bicyclic) bond motifs is 1. The third kappa shape index (κ3) is 3.02. The number of hydrazine groups is 1. The van der Waals surface area contributed by atoms with Crippen LogP contribution in [-0.2, 0) is 4.79 Å². The molecule has 1 N–H and O–H groups in total. The lowest BCUT2D eigenvalue weighted by Crippen LogP contribution is -2.51. The molecule has 0 bridgehead atoms. The van der Waals surface area contributed by atoms with Gasteiger partial charge >= 0.3 is 6.18 Å². The molecule has 0 saturated carbocycles. The van der Waals surface area contributed by atoms with Crippen molar-refractivity contribution in [2.45, 2.75) is 38.0 Å². The molecule has 3 rings (SSSR count). The molecule has 2 aromatic rings. The number of alkyl halides is 3. The fourth-order valence-corrected chi connectivity index (χ4v) is 3.62. The highest BCUT2D eigenvalue weighted by molar-refractivity contribution is 9.10. The molecule has 1 amide bonds. The Morgan fingerprint density at radius 1 is 1.25 bits per heavy atom. The van der Waals surface area contributed by atoms with Crippen molar-refractivity contribution in [2.24, 2.45) is 0 Å². The molecule has 1 atom stereocenters. The number of nitrogens with one attached hydrogen (secondary N) is 1. The largest absolute Gasteiger partial charge is 0.409 e. The number of hydrogen-bond acceptors (Lipinski definition) is 2. The molecular formula is C17H16BrF3N2O. The lowest BCUT2D eigenvalue weighted by molar-refractivity contribution is -0.203. The fraction of sp³-hybridized carbons (Fsp3) is 0.353. The first-order valence-electron chi connectivity index (χ1n) is 7.43. The summed E-state index contributed by atoms with van der Waals surface area (Å²) in [6.45, 7) is 3.25. The van der Waals surface area contributed by atoms with Crippen LogP contribution in [0, 0.1) is 0 Å². The van der Waals surface area contributed by atoms with E-state index in [9.17, 15) is 18.0 Å². The molecule has 0 radical (unpaired) electrons. The first-order chi connectivity index (χ1) is 11.1. The fourth-order valence-electron chi connectivity index (χ4n) is 3.12. The zero-order chi connectivity index (χ0) is 17.7. The standard InChI is InChI=1S/C17H16BrF3N2O/c1-16(2)9-14(24)22-23(16)15(17(19,20)21)11-7-6-10-4-3-5-13(18)12(10)8-11/h3-8,15H,9H2,1-2H3,(H,22,24)/t15-/m0/s1. The lowest BCUT2D eigenvalue weighted by atomic mass is 9.95. The summed E-state index contributed by atoms with van der Waals surface area (Å²) >= 11 is 3.38. The van der Waals surface area contributed by atoms with Gasteiger partial charge in [-0.25, -0.2) is 0 Å². The van der Waals surface area contributed by atoms with Gasteiger partial charge in [0, 0.05) is 16.4 Å². The monoisotopic (exact) mass is 400 g/mol. The normalized spacial score (nSPS) is 19.5. The minimum atomic E-state index is -4.52. The SMILES string of the molecule is CC1(C)CC(=O)NN1[C@@H](c1ccc2cccc(Br)c2c1)C(F)(F)F. The summed E-state index contributed by atoms with van der Waals surface area (Å²) in [5, 5.41) is 2.57. The van der Waals surface area contributed by atoms with Crippen LogP contribution < -0.4 is 5.43 Å². The maximum Gasteiger partial charge on any atom is 0.409 e. The molecule has 7 heteroatoms. The predicted molar refractivity (Wildman–Crippen MR) is 89.1 cm³/mol. The van der Waals surface area contributed by atoms with Gasteiger partial charge in [0.1, 0.15) is 0 Å². The average molecular weight is 401 g/mol. The van der Waals surface area contributed by atoms with Crippen LogP contribution in [0.3, 0.4) is 0 Å². The van der Waals surface area contributed by atoms with Crippen LogP contribution in [-0.4, -0.2) is 22.6 Å². The highest BCUT2D eigenvalue weighted by Crippen LogP contribution is 2.43. The molecule has 0 aromatic heterocycles. The summed E-state index contributed by atoms with van der Waals surface area (Å²) in [4.78, 5) is 11.7. The van der Waals surface area contributed by atoms with Gasteiger partial charge in [0.25, 0.3) is 0 Å². The summed E-state index contributed by atoms with van der Waals surface area (Å²) in [5.41, 5.74) is 1.54. The smallest absolute Gasteiger partial charge is 0.287 e. The average Bonchev–Trinajstić information content (AvgIpc) is 2.71. The highest BCUT2D eigenvalue weighted by Gasteiger charge is 2.52. The van der Waals surface area contributed by atoms with Gasteiger partial charge in [-0.1, -0.05) is 40.2 Å². The van der Waals surface area contributed by atoms with E-state index in [-0.39, 0.29) is 12.0 Å². The zero-order valence-electron chi connectivity index (χ0n) is 13.1. The molecule has 3 nitrogen and oxygen atoms in total. The van der Waals surface area contributed by atoms with Gasteiger partial charge in [-0.2, -0.15) is 18.2 Å². The second kappa shape index (κ2) is 5.74. The first-order valence-corrected chi connectivity index (χ1v) is 8.22. The Kier molecular flexibility index (Phi) is 4.12. The zero-order valence-corrected chi connectivity index (χ0v) is 14.7. The number of amides is 1. The van der Waals surface area contributed by atoms with Crippen molar-refractivity contribution in [3.63, 3.8) is 0 Å². The number of carbonyl (C=O) groups excluding carboxylic acids is 1. The van der Waals surface area contributed by atoms with E-state index in [1.165, 1.54) is 12.1 Å². The van der Waals surface area contributed by atoms with Crippen molar-refractivity contribution in [2.75, 3.05) is 0 Å². The Bertz CT molecular complexity index is 804. The van der Waals surface area contributed by atoms with E-state index in [0.29, 0.717) is 5.39 Å². The summed E-state index contributed by atoms with van der Waals surface area (Å²) in [6, 6.07) is 8.21. The molecule has 0 aliphatic carbocycles. The Morgan fingerprint density at radius 2 is 1.96 bits per heavy atom. The molecule has 1 saturated heterocycles. The number of hydrogen-bond donors (Lipinski definition) is 1. The quantitative estimate of drug-likeness (QED) is 0.790. The molecule has 24 heavy (non-hydrogen) atoms. The van der Waals surface area contributed by atoms with Crippen molar-refractivity contribution in [3.05, 3.63) is 46.4 Å². The van der Waals surface area contributed by atoms with Crippen molar-refractivity contribution >= 4 is 32.6 Å². The van der Waals surface area contributed by atoms with Gasteiger partial charge in [0.15, 0.2) is 6.04 Å². The maximum absolute atomic E-state index is 13.8. The molecule has 0 spiro atoms. The van der Waals surface area contributed by atoms with E-state index in [0.717, 1.165) is 14.9 Å². The van der Waals surface area contributed by atoms with Crippen LogP contribution in [0.15, 0.2) is 40.9 Å². The van der Waals surface area contributed by atoms with Crippen LogP contribution in [0.25, 0.3) is 10.8 Å². The maximum atomic E-state index is 13.8. The van der Waals surface area contributed by atoms with Crippen LogP contribution in [0.1, 0.15) is 31.9 Å². The van der Waals surface area contributed by atoms with Crippen molar-refractivity contribution in [1.82, 2.24) is 10.4 Å². The van der Waals surface area contributed by atoms with E-state index in [1.54, 1.807) is 26.0 Å². The number of benzene rings is 2. The van der Waals surface area contributed by atoms with E-state index >= 15 is 0 Å². The number of nitrogens with zero attached hydrogens (tertiary/aromatic N) is 1. The Labute approximate surface area is 145 Å². The Morgan fingerprint density at radius 3 is 2.54 bits per heavy atom. The Balaban J connectivity index is 2.14. The van der Waals surface area contributed by atoms with Crippen LogP contribution in [0.4, 0.5) is 13.2 Å². The summed E-state index contributed by atoms with van der Waals surface area (Å²) in [7, 11) is 0. The minimum absolute atomic E-state index is 0.0247. The molecule has 1 fully saturated rings. The number of rotatable bonds is 2. The van der Waals surface area contributed by atoms with Gasteiger partial charge in [-0.3, -0.25) is 10.2 Å². The molecule has 128 valence electrons. The highest BCUT2D eigenvalue weighted by atomic mass is 79.9. The summed E-state index contributed by atoms with van der Waals surface area (Å²) in [5.74, 6) is -0.406. The van der Waals surface area contributed by atoms with Gasteiger partial charge in [0.2, 0.25) is 5.91 Å². The predicted octanol–water partition coefficient (Wildman–Crippen LogP) is 4.72. The number of halogens is 4. The molecule has 1 heterocycles. The van der Waals surface area contributed by atoms with E-state index in [4.69, 9.17) is 0 Å². The third-order valence-electron chi connectivity index (χ3n) is 4.23. The lowest BCUT2D eigenvalue weighted by Gasteiger charge is -2.38. The van der Waals surface area contributed by atoms with Crippen LogP contribution in [0.2, 0.25) is 0 Å². The van der Waals surface area contributed by atoms with Crippen molar-refractivity contribution < 1.29 is 18.0 Å². The summed E-state index contributed by atoms with van der Waals surface area (Å²) < 4.78 is 42.2. The van der Waals surface area contributed by atoms with E-state index < -0.39 is 23.7 Å². The molecular weight excluding hydrogens is 385 g/mol. The van der Waals surface area contributed by atoms with E-state index in [1.807, 2.05) is 12.1 Å². The van der Waals surface area contributed by atoms with Gasteiger partial charge in [-0.05, 0) is 42.3 Å². The second-order valence-electron chi connectivity index (χ2n) is 6.56. The summed E-state index contributed by atoms with van der Waals surface area (Å²) in [6.07, 6.45) is -4.50. The van der Waals surface area contributed by atoms with Crippen molar-refractivity contribution in [1.29, 1.82) is 0 Å². The minimum Gasteiger partial charge on any atom is -0.287 e. The van der Waals surface area contributed by atoms with Gasteiger partial charge < -0.3 is 0 Å². The van der Waals surface area contributed by atoms with E-state index in [2.05, 4.69) is 21.4 Å². The third-order valence-corrected chi connectivity index (χ3v) is 4.92. The van der Waals surface area contributed by atoms with Crippen LogP contribution in [0.5, 0.6) is 0 Å². The molecule has 1 aliphatic heterocycles. The van der Waals surface area contributed by atoms with Gasteiger partial charge in [0.05, 0.1) is 0 Å². The molecule has 2 aromatic carbocycles. The second-order valence-corrected chi connectivity index (χ2v) is 7.41. The molecule has 1 aliphatic rings. The first kappa shape index (κ1) is 17.2. The molecule has 0 unspecified atom stereocenters.